The van der Waals surface area contributed by atoms with Crippen molar-refractivity contribution in [2.45, 2.75) is 0 Å². The van der Waals surface area contributed by atoms with Gasteiger partial charge in [0.1, 0.15) is 5.71 Å². The Balaban J connectivity index is 1.21. The molecule has 0 aliphatic heterocycles. The highest BCUT2D eigenvalue weighted by molar-refractivity contribution is 6.69. The zero-order valence-corrected chi connectivity index (χ0v) is 28.7. The summed E-state index contributed by atoms with van der Waals surface area (Å²) in [6.07, 6.45) is 11.4. The van der Waals surface area contributed by atoms with Gasteiger partial charge in [0.25, 0.3) is 0 Å². The molecule has 0 amide bonds. The van der Waals surface area contributed by atoms with Gasteiger partial charge in [-0.1, -0.05) is 140 Å². The Kier molecular flexibility index (Phi) is 8.27. The first-order valence-corrected chi connectivity index (χ1v) is 17.6. The molecule has 8 aromatic rings. The number of hydrogen-bond donors (Lipinski definition) is 2. The van der Waals surface area contributed by atoms with Crippen LogP contribution in [0.2, 0.25) is 0 Å². The SMILES string of the molecule is N=C1C(c2cccc(-c3cccnc3)c2)=CC=C(c2cccc(-c3cccnc3)c2)C1=NNc1c2ccccc2c(-c2ccccc2)c2ccccc12. The van der Waals surface area contributed by atoms with Crippen LogP contribution in [-0.4, -0.2) is 21.4 Å². The zero-order chi connectivity index (χ0) is 35.6. The lowest BCUT2D eigenvalue weighted by Crippen LogP contribution is -2.21. The van der Waals surface area contributed by atoms with Crippen LogP contribution in [0.5, 0.6) is 0 Å². The molecule has 0 radical (unpaired) electrons. The van der Waals surface area contributed by atoms with Gasteiger partial charge < -0.3 is 0 Å². The fraction of sp³-hybridized carbons (Fsp3) is 0. The molecular weight excluding hydrogens is 647 g/mol. The van der Waals surface area contributed by atoms with E-state index in [-0.39, 0.29) is 0 Å². The lowest BCUT2D eigenvalue weighted by atomic mass is 9.85. The molecule has 9 rings (SSSR count). The van der Waals surface area contributed by atoms with E-state index in [0.29, 0.717) is 11.4 Å². The maximum atomic E-state index is 9.75. The van der Waals surface area contributed by atoms with Gasteiger partial charge in [0.2, 0.25) is 0 Å². The van der Waals surface area contributed by atoms with E-state index < -0.39 is 0 Å². The average Bonchev–Trinajstić information content (AvgIpc) is 3.23. The molecule has 2 N–H and O–H groups in total. The number of hydrazone groups is 1. The van der Waals surface area contributed by atoms with Gasteiger partial charge in [-0.15, -0.1) is 0 Å². The summed E-state index contributed by atoms with van der Waals surface area (Å²) in [5.74, 6) is 0. The maximum Gasteiger partial charge on any atom is 0.117 e. The molecule has 1 aliphatic rings. The van der Waals surface area contributed by atoms with Gasteiger partial charge >= 0.3 is 0 Å². The minimum Gasteiger partial charge on any atom is -0.298 e. The van der Waals surface area contributed by atoms with E-state index in [1.807, 2.05) is 48.8 Å². The Bertz CT molecular complexity index is 2690. The molecule has 0 saturated carbocycles. The van der Waals surface area contributed by atoms with Crippen molar-refractivity contribution in [3.63, 3.8) is 0 Å². The van der Waals surface area contributed by atoms with Crippen LogP contribution in [0.1, 0.15) is 11.1 Å². The number of nitrogens with one attached hydrogen (secondary N) is 2. The van der Waals surface area contributed by atoms with Crippen LogP contribution in [0.3, 0.4) is 0 Å². The summed E-state index contributed by atoms with van der Waals surface area (Å²) in [5.41, 5.74) is 15.3. The lowest BCUT2D eigenvalue weighted by Gasteiger charge is -2.21. The summed E-state index contributed by atoms with van der Waals surface area (Å²) in [6, 6.07) is 52.1. The monoisotopic (exact) mass is 679 g/mol. The topological polar surface area (TPSA) is 74.0 Å². The van der Waals surface area contributed by atoms with Crippen molar-refractivity contribution < 1.29 is 0 Å². The quantitative estimate of drug-likeness (QED) is 0.100. The van der Waals surface area contributed by atoms with Crippen molar-refractivity contribution in [3.8, 4) is 33.4 Å². The summed E-state index contributed by atoms with van der Waals surface area (Å²) in [7, 11) is 0. The van der Waals surface area contributed by atoms with Gasteiger partial charge in [0.15, 0.2) is 0 Å². The second kappa shape index (κ2) is 13.8. The summed E-state index contributed by atoms with van der Waals surface area (Å²) < 4.78 is 0. The maximum absolute atomic E-state index is 9.75. The Morgan fingerprint density at radius 2 is 0.906 bits per heavy atom. The van der Waals surface area contributed by atoms with Gasteiger partial charge in [0.05, 0.1) is 11.4 Å². The molecule has 2 aromatic heterocycles. The van der Waals surface area contributed by atoms with E-state index in [1.165, 1.54) is 5.56 Å². The second-order valence-corrected chi connectivity index (χ2v) is 13.0. The first kappa shape index (κ1) is 31.7. The molecule has 0 spiro atoms. The molecule has 0 atom stereocenters. The largest absolute Gasteiger partial charge is 0.298 e. The number of anilines is 1. The highest BCUT2D eigenvalue weighted by atomic mass is 15.3. The number of allylic oxidation sites excluding steroid dienone is 4. The van der Waals surface area contributed by atoms with Crippen LogP contribution in [0.4, 0.5) is 5.69 Å². The highest BCUT2D eigenvalue weighted by Gasteiger charge is 2.24. The standard InChI is InChI=1S/C48H33N5/c49-46-39(35-16-8-14-33(28-35)37-18-10-26-50-30-37)24-25-40(36-17-9-15-34(29-36)38-19-11-27-51-31-38)48(46)53-52-47-43-22-6-4-20-41(43)45(32-12-2-1-3-13-32)42-21-5-7-23-44(42)47/h1-31,49,52H. The van der Waals surface area contributed by atoms with E-state index >= 15 is 0 Å². The number of aromatic nitrogens is 2. The van der Waals surface area contributed by atoms with Gasteiger partial charge in [0, 0.05) is 57.8 Å². The van der Waals surface area contributed by atoms with E-state index in [0.717, 1.165) is 77.3 Å². The molecule has 53 heavy (non-hydrogen) atoms. The van der Waals surface area contributed by atoms with Crippen LogP contribution < -0.4 is 5.43 Å². The second-order valence-electron chi connectivity index (χ2n) is 13.0. The molecule has 0 bridgehead atoms. The summed E-state index contributed by atoms with van der Waals surface area (Å²) >= 11 is 0. The first-order valence-electron chi connectivity index (χ1n) is 17.6. The van der Waals surface area contributed by atoms with E-state index in [4.69, 9.17) is 5.10 Å². The predicted octanol–water partition coefficient (Wildman–Crippen LogP) is 11.8. The zero-order valence-electron chi connectivity index (χ0n) is 28.7. The molecule has 0 fully saturated rings. The Hall–Kier alpha value is -7.24. The van der Waals surface area contributed by atoms with Crippen molar-refractivity contribution in [1.29, 1.82) is 5.41 Å². The minimum absolute atomic E-state index is 0.333. The van der Waals surface area contributed by atoms with Gasteiger partial charge in [-0.25, -0.2) is 0 Å². The van der Waals surface area contributed by atoms with Crippen molar-refractivity contribution in [2.24, 2.45) is 5.10 Å². The number of fused-ring (bicyclic) bond motifs is 2. The van der Waals surface area contributed by atoms with Crippen molar-refractivity contribution in [1.82, 2.24) is 9.97 Å². The molecule has 5 nitrogen and oxygen atoms in total. The van der Waals surface area contributed by atoms with Gasteiger partial charge in [-0.3, -0.25) is 20.8 Å². The van der Waals surface area contributed by atoms with Gasteiger partial charge in [-0.2, -0.15) is 5.10 Å². The Morgan fingerprint density at radius 1 is 0.434 bits per heavy atom. The Labute approximate surface area is 307 Å². The van der Waals surface area contributed by atoms with E-state index in [9.17, 15) is 5.41 Å². The third kappa shape index (κ3) is 6.00. The average molecular weight is 680 g/mol. The van der Waals surface area contributed by atoms with Crippen LogP contribution in [0.25, 0.3) is 66.1 Å². The third-order valence-electron chi connectivity index (χ3n) is 9.79. The number of hydrogen-bond acceptors (Lipinski definition) is 5. The fourth-order valence-corrected chi connectivity index (χ4v) is 7.26. The molecule has 5 heteroatoms. The molecule has 250 valence electrons. The molecule has 0 unspecified atom stereocenters. The highest BCUT2D eigenvalue weighted by Crippen LogP contribution is 2.42. The normalized spacial score (nSPS) is 13.6. The number of rotatable bonds is 7. The Morgan fingerprint density at radius 3 is 1.47 bits per heavy atom. The predicted molar refractivity (Wildman–Crippen MR) is 221 cm³/mol. The summed E-state index contributed by atoms with van der Waals surface area (Å²) in [5, 5.41) is 19.3. The summed E-state index contributed by atoms with van der Waals surface area (Å²) in [6.45, 7) is 0. The number of pyridine rings is 2. The van der Waals surface area contributed by atoms with Crippen LogP contribution in [0, 0.1) is 5.41 Å². The van der Waals surface area contributed by atoms with E-state index in [2.05, 4.69) is 143 Å². The van der Waals surface area contributed by atoms with Crippen molar-refractivity contribution >= 4 is 49.8 Å². The summed E-state index contributed by atoms with van der Waals surface area (Å²) in [4.78, 5) is 8.67. The lowest BCUT2D eigenvalue weighted by molar-refractivity contribution is 1.33. The van der Waals surface area contributed by atoms with Gasteiger partial charge in [-0.05, 0) is 68.4 Å². The number of benzene rings is 6. The third-order valence-corrected chi connectivity index (χ3v) is 9.79. The fourth-order valence-electron chi connectivity index (χ4n) is 7.26. The first-order chi connectivity index (χ1) is 26.2. The smallest absolute Gasteiger partial charge is 0.117 e. The van der Waals surface area contributed by atoms with Crippen LogP contribution in [0.15, 0.2) is 194 Å². The van der Waals surface area contributed by atoms with E-state index in [1.54, 1.807) is 12.4 Å². The molecule has 2 heterocycles. The molecule has 6 aromatic carbocycles. The van der Waals surface area contributed by atoms with Crippen molar-refractivity contribution in [2.75, 3.05) is 5.43 Å². The van der Waals surface area contributed by atoms with Crippen LogP contribution >= 0.6 is 0 Å². The minimum atomic E-state index is 0.333. The molecule has 1 aliphatic carbocycles. The molecular formula is C48H33N5. The number of nitrogens with zero attached hydrogens (tertiary/aromatic N) is 3. The van der Waals surface area contributed by atoms with Crippen molar-refractivity contribution in [3.05, 3.63) is 200 Å². The molecule has 0 saturated heterocycles. The van der Waals surface area contributed by atoms with Crippen LogP contribution in [-0.2, 0) is 0 Å².